The van der Waals surface area contributed by atoms with Crippen LogP contribution >= 0.6 is 0 Å². The van der Waals surface area contributed by atoms with Gasteiger partial charge >= 0.3 is 0 Å². The zero-order valence-electron chi connectivity index (χ0n) is 12.8. The zero-order valence-corrected chi connectivity index (χ0v) is 12.8. The molecule has 0 aliphatic rings. The van der Waals surface area contributed by atoms with Crippen molar-refractivity contribution in [3.63, 3.8) is 0 Å². The predicted molar refractivity (Wildman–Crippen MR) is 85.2 cm³/mol. The summed E-state index contributed by atoms with van der Waals surface area (Å²) in [5.74, 6) is -0.456. The molecule has 2 N–H and O–H groups in total. The summed E-state index contributed by atoms with van der Waals surface area (Å²) in [4.78, 5) is 16.1. The van der Waals surface area contributed by atoms with E-state index in [4.69, 9.17) is 0 Å². The van der Waals surface area contributed by atoms with Gasteiger partial charge in [0.2, 0.25) is 0 Å². The summed E-state index contributed by atoms with van der Waals surface area (Å²) in [6.07, 6.45) is 2.42. The molecular formula is C17H20FN3O. The largest absolute Gasteiger partial charge is 0.381 e. The minimum atomic E-state index is -0.251. The summed E-state index contributed by atoms with van der Waals surface area (Å²) >= 11 is 0. The number of rotatable bonds is 6. The summed E-state index contributed by atoms with van der Waals surface area (Å²) in [6, 6.07) is 10.1. The van der Waals surface area contributed by atoms with Crippen LogP contribution in [0.2, 0.25) is 0 Å². The van der Waals surface area contributed by atoms with Gasteiger partial charge < -0.3 is 10.6 Å². The van der Waals surface area contributed by atoms with Crippen molar-refractivity contribution >= 4 is 11.6 Å². The molecule has 4 nitrogen and oxygen atoms in total. The van der Waals surface area contributed by atoms with E-state index in [1.165, 1.54) is 6.07 Å². The molecule has 116 valence electrons. The molecular weight excluding hydrogens is 281 g/mol. The quantitative estimate of drug-likeness (QED) is 0.860. The average molecular weight is 301 g/mol. The summed E-state index contributed by atoms with van der Waals surface area (Å²) in [5.41, 5.74) is 1.65. The van der Waals surface area contributed by atoms with E-state index < -0.39 is 0 Å². The molecule has 1 aromatic carbocycles. The van der Waals surface area contributed by atoms with E-state index in [0.717, 1.165) is 12.1 Å². The number of nitrogens with one attached hydrogen (secondary N) is 2. The minimum absolute atomic E-state index is 0.101. The second kappa shape index (κ2) is 7.54. The molecule has 0 fully saturated rings. The van der Waals surface area contributed by atoms with Crippen LogP contribution in [0.4, 0.5) is 10.1 Å². The molecule has 1 heterocycles. The SMILES string of the molecule is CCC(C)NC(=O)c1cc(NCc2ccccc2F)ccn1. The number of anilines is 1. The van der Waals surface area contributed by atoms with E-state index in [9.17, 15) is 9.18 Å². The smallest absolute Gasteiger partial charge is 0.270 e. The Morgan fingerprint density at radius 1 is 1.32 bits per heavy atom. The van der Waals surface area contributed by atoms with Crippen LogP contribution in [0.5, 0.6) is 0 Å². The van der Waals surface area contributed by atoms with Crippen LogP contribution in [-0.2, 0) is 6.54 Å². The van der Waals surface area contributed by atoms with Crippen molar-refractivity contribution in [2.24, 2.45) is 0 Å². The van der Waals surface area contributed by atoms with Gasteiger partial charge in [0.05, 0.1) is 0 Å². The van der Waals surface area contributed by atoms with Crippen molar-refractivity contribution in [3.05, 3.63) is 59.7 Å². The van der Waals surface area contributed by atoms with Gasteiger partial charge in [-0.3, -0.25) is 9.78 Å². The summed E-state index contributed by atoms with van der Waals surface area (Å²) in [6.45, 7) is 4.30. The highest BCUT2D eigenvalue weighted by Gasteiger charge is 2.10. The highest BCUT2D eigenvalue weighted by atomic mass is 19.1. The molecule has 0 aliphatic heterocycles. The maximum atomic E-state index is 13.6. The molecule has 0 bridgehead atoms. The summed E-state index contributed by atoms with van der Waals surface area (Å²) in [7, 11) is 0. The lowest BCUT2D eigenvalue weighted by Crippen LogP contribution is -2.32. The number of nitrogens with zero attached hydrogens (tertiary/aromatic N) is 1. The predicted octanol–water partition coefficient (Wildman–Crippen LogP) is 3.36. The van der Waals surface area contributed by atoms with Crippen molar-refractivity contribution in [2.75, 3.05) is 5.32 Å². The van der Waals surface area contributed by atoms with Gasteiger partial charge in [-0.15, -0.1) is 0 Å². The van der Waals surface area contributed by atoms with Crippen LogP contribution in [0.15, 0.2) is 42.6 Å². The van der Waals surface area contributed by atoms with E-state index in [-0.39, 0.29) is 17.8 Å². The molecule has 0 saturated heterocycles. The lowest BCUT2D eigenvalue weighted by molar-refractivity contribution is 0.0934. The van der Waals surface area contributed by atoms with Crippen molar-refractivity contribution < 1.29 is 9.18 Å². The second-order valence-electron chi connectivity index (χ2n) is 5.16. The van der Waals surface area contributed by atoms with Crippen molar-refractivity contribution in [2.45, 2.75) is 32.9 Å². The van der Waals surface area contributed by atoms with Crippen LogP contribution in [-0.4, -0.2) is 16.9 Å². The Balaban J connectivity index is 2.02. The Hall–Kier alpha value is -2.43. The van der Waals surface area contributed by atoms with Crippen LogP contribution in [0, 0.1) is 5.82 Å². The third kappa shape index (κ3) is 4.28. The Bertz CT molecular complexity index is 645. The Morgan fingerprint density at radius 2 is 2.09 bits per heavy atom. The molecule has 1 aromatic heterocycles. The molecule has 1 atom stereocenters. The topological polar surface area (TPSA) is 54.0 Å². The van der Waals surface area contributed by atoms with Crippen molar-refractivity contribution in [1.29, 1.82) is 0 Å². The van der Waals surface area contributed by atoms with Crippen LogP contribution in [0.1, 0.15) is 36.3 Å². The fraction of sp³-hybridized carbons (Fsp3) is 0.294. The van der Waals surface area contributed by atoms with Gasteiger partial charge in [0.25, 0.3) is 5.91 Å². The Morgan fingerprint density at radius 3 is 2.82 bits per heavy atom. The van der Waals surface area contributed by atoms with Gasteiger partial charge in [-0.1, -0.05) is 25.1 Å². The molecule has 22 heavy (non-hydrogen) atoms. The number of pyridine rings is 1. The number of benzene rings is 1. The average Bonchev–Trinajstić information content (AvgIpc) is 2.54. The van der Waals surface area contributed by atoms with Crippen LogP contribution in [0.25, 0.3) is 0 Å². The highest BCUT2D eigenvalue weighted by Crippen LogP contribution is 2.12. The standard InChI is InChI=1S/C17H20FN3O/c1-3-12(2)21-17(22)16-10-14(8-9-19-16)20-11-13-6-4-5-7-15(13)18/h4-10,12H,3,11H2,1-2H3,(H,19,20)(H,21,22). The fourth-order valence-corrected chi connectivity index (χ4v) is 1.90. The molecule has 5 heteroatoms. The number of amides is 1. The normalized spacial score (nSPS) is 11.8. The molecule has 0 aliphatic carbocycles. The maximum Gasteiger partial charge on any atom is 0.270 e. The first-order valence-electron chi connectivity index (χ1n) is 7.34. The van der Waals surface area contributed by atoms with Gasteiger partial charge in [0.1, 0.15) is 11.5 Å². The number of carbonyl (C=O) groups is 1. The lowest BCUT2D eigenvalue weighted by atomic mass is 10.2. The monoisotopic (exact) mass is 301 g/mol. The van der Waals surface area contributed by atoms with Crippen molar-refractivity contribution in [1.82, 2.24) is 10.3 Å². The molecule has 0 spiro atoms. The number of aromatic nitrogens is 1. The van der Waals surface area contributed by atoms with E-state index in [1.54, 1.807) is 36.5 Å². The van der Waals surface area contributed by atoms with Crippen LogP contribution < -0.4 is 10.6 Å². The van der Waals surface area contributed by atoms with Gasteiger partial charge in [0, 0.05) is 30.0 Å². The van der Waals surface area contributed by atoms with Gasteiger partial charge in [-0.05, 0) is 31.5 Å². The molecule has 0 radical (unpaired) electrons. The van der Waals surface area contributed by atoms with Gasteiger partial charge in [0.15, 0.2) is 0 Å². The summed E-state index contributed by atoms with van der Waals surface area (Å²) < 4.78 is 13.6. The third-order valence-corrected chi connectivity index (χ3v) is 3.42. The maximum absolute atomic E-state index is 13.6. The van der Waals surface area contributed by atoms with Crippen LogP contribution in [0.3, 0.4) is 0 Å². The number of hydrogen-bond donors (Lipinski definition) is 2. The molecule has 2 rings (SSSR count). The second-order valence-corrected chi connectivity index (χ2v) is 5.16. The summed E-state index contributed by atoms with van der Waals surface area (Å²) in [5, 5.41) is 5.97. The number of carbonyl (C=O) groups excluding carboxylic acids is 1. The van der Waals surface area contributed by atoms with Gasteiger partial charge in [-0.2, -0.15) is 0 Å². The molecule has 2 aromatic rings. The van der Waals surface area contributed by atoms with E-state index in [1.807, 2.05) is 13.8 Å². The van der Waals surface area contributed by atoms with E-state index >= 15 is 0 Å². The molecule has 0 saturated carbocycles. The number of halogens is 1. The Kier molecular flexibility index (Phi) is 5.47. The first-order chi connectivity index (χ1) is 10.6. The van der Waals surface area contributed by atoms with Gasteiger partial charge in [-0.25, -0.2) is 4.39 Å². The Labute approximate surface area is 129 Å². The highest BCUT2D eigenvalue weighted by molar-refractivity contribution is 5.93. The molecule has 1 amide bonds. The first kappa shape index (κ1) is 15.9. The lowest BCUT2D eigenvalue weighted by Gasteiger charge is -2.12. The van der Waals surface area contributed by atoms with E-state index in [0.29, 0.717) is 17.8 Å². The number of hydrogen-bond acceptors (Lipinski definition) is 3. The van der Waals surface area contributed by atoms with Crippen molar-refractivity contribution in [3.8, 4) is 0 Å². The molecule has 1 unspecified atom stereocenters. The zero-order chi connectivity index (χ0) is 15.9. The minimum Gasteiger partial charge on any atom is -0.381 e. The first-order valence-corrected chi connectivity index (χ1v) is 7.34. The van der Waals surface area contributed by atoms with E-state index in [2.05, 4.69) is 15.6 Å². The third-order valence-electron chi connectivity index (χ3n) is 3.42. The fourth-order valence-electron chi connectivity index (χ4n) is 1.90.